The molecule has 4 nitrogen and oxygen atoms in total. The van der Waals surface area contributed by atoms with Gasteiger partial charge in [-0.15, -0.1) is 0 Å². The minimum atomic E-state index is -0.888. The lowest BCUT2D eigenvalue weighted by Crippen LogP contribution is -2.27. The molecule has 0 unspecified atom stereocenters. The van der Waals surface area contributed by atoms with E-state index >= 15 is 0 Å². The highest BCUT2D eigenvalue weighted by molar-refractivity contribution is 5.94. The first-order valence-corrected chi connectivity index (χ1v) is 5.31. The Kier molecular flexibility index (Phi) is 4.75. The zero-order valence-corrected chi connectivity index (χ0v) is 10.8. The standard InChI is InChI=1S/C12H16F2N2O2/c1-15(2)7-8-5-9(13)11(10(14)6-8)12(17)16(3)18-4/h5-6H,7H2,1-4H3. The fraction of sp³-hybridized carbons (Fsp3) is 0.417. The van der Waals surface area contributed by atoms with Crippen molar-refractivity contribution in [3.63, 3.8) is 0 Å². The summed E-state index contributed by atoms with van der Waals surface area (Å²) < 4.78 is 27.5. The third kappa shape index (κ3) is 3.24. The molecule has 1 aromatic carbocycles. The van der Waals surface area contributed by atoms with Gasteiger partial charge in [-0.2, -0.15) is 0 Å². The number of hydrogen-bond acceptors (Lipinski definition) is 3. The molecule has 0 atom stereocenters. The monoisotopic (exact) mass is 258 g/mol. The summed E-state index contributed by atoms with van der Waals surface area (Å²) in [5, 5.41) is 0.771. The molecular weight excluding hydrogens is 242 g/mol. The fourth-order valence-electron chi connectivity index (χ4n) is 1.53. The molecule has 6 heteroatoms. The molecule has 0 spiro atoms. The number of carbonyl (C=O) groups is 1. The van der Waals surface area contributed by atoms with Crippen LogP contribution in [-0.2, 0) is 11.4 Å². The van der Waals surface area contributed by atoms with Crippen LogP contribution in [0.3, 0.4) is 0 Å². The number of carbonyl (C=O) groups excluding carboxylic acids is 1. The van der Waals surface area contributed by atoms with E-state index in [1.54, 1.807) is 19.0 Å². The van der Waals surface area contributed by atoms with E-state index < -0.39 is 23.1 Å². The van der Waals surface area contributed by atoms with Crippen LogP contribution in [-0.4, -0.2) is 44.1 Å². The third-order valence-electron chi connectivity index (χ3n) is 2.37. The second kappa shape index (κ2) is 5.88. The number of hydrogen-bond donors (Lipinski definition) is 0. The summed E-state index contributed by atoms with van der Waals surface area (Å²) in [6.45, 7) is 0.391. The van der Waals surface area contributed by atoms with Gasteiger partial charge in [0.15, 0.2) is 0 Å². The van der Waals surface area contributed by atoms with Crippen LogP contribution in [0, 0.1) is 11.6 Å². The zero-order chi connectivity index (χ0) is 13.9. The highest BCUT2D eigenvalue weighted by Gasteiger charge is 2.22. The summed E-state index contributed by atoms with van der Waals surface area (Å²) in [4.78, 5) is 18.0. The van der Waals surface area contributed by atoms with Crippen molar-refractivity contribution in [2.24, 2.45) is 0 Å². The van der Waals surface area contributed by atoms with Gasteiger partial charge in [0.2, 0.25) is 0 Å². The summed E-state index contributed by atoms with van der Waals surface area (Å²) in [6.07, 6.45) is 0. The fourth-order valence-corrected chi connectivity index (χ4v) is 1.53. The van der Waals surface area contributed by atoms with E-state index in [1.807, 2.05) is 0 Å². The molecule has 18 heavy (non-hydrogen) atoms. The Hall–Kier alpha value is -1.53. The van der Waals surface area contributed by atoms with Crippen LogP contribution in [0.4, 0.5) is 8.78 Å². The van der Waals surface area contributed by atoms with E-state index in [2.05, 4.69) is 4.84 Å². The van der Waals surface area contributed by atoms with Crippen LogP contribution < -0.4 is 0 Å². The summed E-state index contributed by atoms with van der Waals surface area (Å²) in [5.41, 5.74) is -0.145. The van der Waals surface area contributed by atoms with Crippen molar-refractivity contribution in [1.29, 1.82) is 0 Å². The van der Waals surface area contributed by atoms with Gasteiger partial charge in [0.25, 0.3) is 5.91 Å². The van der Waals surface area contributed by atoms with Crippen LogP contribution in [0.15, 0.2) is 12.1 Å². The first-order chi connectivity index (χ1) is 8.36. The maximum absolute atomic E-state index is 13.7. The van der Waals surface area contributed by atoms with Gasteiger partial charge in [0.05, 0.1) is 7.11 Å². The van der Waals surface area contributed by atoms with Gasteiger partial charge < -0.3 is 4.90 Å². The Morgan fingerprint density at radius 2 is 1.72 bits per heavy atom. The third-order valence-corrected chi connectivity index (χ3v) is 2.37. The molecule has 0 N–H and O–H groups in total. The Morgan fingerprint density at radius 3 is 2.11 bits per heavy atom. The maximum atomic E-state index is 13.7. The SMILES string of the molecule is CON(C)C(=O)c1c(F)cc(CN(C)C)cc1F. The van der Waals surface area contributed by atoms with Crippen molar-refractivity contribution >= 4 is 5.91 Å². The molecule has 0 aliphatic heterocycles. The molecule has 100 valence electrons. The Morgan fingerprint density at radius 1 is 1.22 bits per heavy atom. The molecule has 0 aliphatic rings. The number of amides is 1. The van der Waals surface area contributed by atoms with Crippen molar-refractivity contribution < 1.29 is 18.4 Å². The largest absolute Gasteiger partial charge is 0.305 e. The Bertz CT molecular complexity index is 427. The average molecular weight is 258 g/mol. The van der Waals surface area contributed by atoms with Gasteiger partial charge in [-0.25, -0.2) is 13.8 Å². The number of hydroxylamine groups is 2. The van der Waals surface area contributed by atoms with Crippen molar-refractivity contribution in [2.45, 2.75) is 6.54 Å². The Labute approximate surface area is 105 Å². The maximum Gasteiger partial charge on any atom is 0.283 e. The molecular formula is C12H16F2N2O2. The van der Waals surface area contributed by atoms with E-state index in [0.29, 0.717) is 12.1 Å². The molecule has 0 aliphatic carbocycles. The summed E-state index contributed by atoms with van der Waals surface area (Å²) in [5.74, 6) is -2.63. The number of nitrogens with zero attached hydrogens (tertiary/aromatic N) is 2. The normalized spacial score (nSPS) is 10.8. The van der Waals surface area contributed by atoms with Crippen molar-refractivity contribution in [3.8, 4) is 0 Å². The predicted molar refractivity (Wildman–Crippen MR) is 62.9 cm³/mol. The lowest BCUT2D eigenvalue weighted by atomic mass is 10.1. The zero-order valence-electron chi connectivity index (χ0n) is 10.8. The van der Waals surface area contributed by atoms with Crippen LogP contribution in [0.5, 0.6) is 0 Å². The van der Waals surface area contributed by atoms with Crippen LogP contribution >= 0.6 is 0 Å². The van der Waals surface area contributed by atoms with Crippen LogP contribution in [0.25, 0.3) is 0 Å². The molecule has 0 radical (unpaired) electrons. The number of benzene rings is 1. The van der Waals surface area contributed by atoms with E-state index in [0.717, 1.165) is 17.2 Å². The second-order valence-corrected chi connectivity index (χ2v) is 4.16. The summed E-state index contributed by atoms with van der Waals surface area (Å²) in [7, 11) is 6.10. The summed E-state index contributed by atoms with van der Waals surface area (Å²) in [6, 6.07) is 2.31. The van der Waals surface area contributed by atoms with Gasteiger partial charge in [-0.3, -0.25) is 9.63 Å². The van der Waals surface area contributed by atoms with E-state index in [-0.39, 0.29) is 0 Å². The molecule has 1 aromatic rings. The van der Waals surface area contributed by atoms with Crippen LogP contribution in [0.2, 0.25) is 0 Å². The van der Waals surface area contributed by atoms with Gasteiger partial charge in [0.1, 0.15) is 17.2 Å². The molecule has 1 rings (SSSR count). The average Bonchev–Trinajstić information content (AvgIpc) is 2.25. The van der Waals surface area contributed by atoms with E-state index in [4.69, 9.17) is 0 Å². The number of rotatable bonds is 4. The molecule has 0 saturated carbocycles. The lowest BCUT2D eigenvalue weighted by Gasteiger charge is -2.16. The first-order valence-electron chi connectivity index (χ1n) is 5.31. The van der Waals surface area contributed by atoms with E-state index in [1.165, 1.54) is 14.2 Å². The quantitative estimate of drug-likeness (QED) is 0.770. The van der Waals surface area contributed by atoms with E-state index in [9.17, 15) is 13.6 Å². The predicted octanol–water partition coefficient (Wildman–Crippen LogP) is 1.66. The molecule has 0 heterocycles. The minimum absolute atomic E-state index is 0.391. The van der Waals surface area contributed by atoms with Gasteiger partial charge in [-0.05, 0) is 31.8 Å². The van der Waals surface area contributed by atoms with Crippen molar-refractivity contribution in [1.82, 2.24) is 9.96 Å². The van der Waals surface area contributed by atoms with Gasteiger partial charge >= 0.3 is 0 Å². The molecule has 0 aromatic heterocycles. The first kappa shape index (κ1) is 14.5. The topological polar surface area (TPSA) is 32.8 Å². The summed E-state index contributed by atoms with van der Waals surface area (Å²) >= 11 is 0. The molecule has 0 bridgehead atoms. The van der Waals surface area contributed by atoms with Crippen molar-refractivity contribution in [3.05, 3.63) is 34.9 Å². The van der Waals surface area contributed by atoms with Gasteiger partial charge in [0, 0.05) is 13.6 Å². The Balaban J connectivity index is 3.12. The number of halogens is 2. The van der Waals surface area contributed by atoms with Gasteiger partial charge in [-0.1, -0.05) is 0 Å². The van der Waals surface area contributed by atoms with Crippen LogP contribution in [0.1, 0.15) is 15.9 Å². The molecule has 0 fully saturated rings. The highest BCUT2D eigenvalue weighted by Crippen LogP contribution is 2.18. The molecule has 1 amide bonds. The van der Waals surface area contributed by atoms with Crippen molar-refractivity contribution in [2.75, 3.05) is 28.3 Å². The minimum Gasteiger partial charge on any atom is -0.305 e. The smallest absolute Gasteiger partial charge is 0.283 e. The second-order valence-electron chi connectivity index (χ2n) is 4.16. The molecule has 0 saturated heterocycles. The lowest BCUT2D eigenvalue weighted by molar-refractivity contribution is -0.0762. The highest BCUT2D eigenvalue weighted by atomic mass is 19.1.